The third-order valence-corrected chi connectivity index (χ3v) is 5.11. The van der Waals surface area contributed by atoms with Gasteiger partial charge in [-0.25, -0.2) is 13.8 Å². The number of ether oxygens (including phenoxy) is 1. The predicted molar refractivity (Wildman–Crippen MR) is 97.1 cm³/mol. The summed E-state index contributed by atoms with van der Waals surface area (Å²) in [5, 5.41) is 0. The second-order valence-electron chi connectivity index (χ2n) is 6.71. The SMILES string of the molecule is COc1cc(C)c(C2CCc3[nH]c(-c4c(F)cccc4F)cc3C2=O)cn1. The zero-order valence-electron chi connectivity index (χ0n) is 15.0. The number of aromatic amines is 1. The number of H-pyrrole nitrogens is 1. The zero-order chi connectivity index (χ0) is 19.1. The molecule has 0 saturated heterocycles. The molecule has 1 aliphatic rings. The fourth-order valence-corrected chi connectivity index (χ4v) is 3.73. The van der Waals surface area contributed by atoms with Crippen LogP contribution < -0.4 is 4.74 Å². The molecule has 0 saturated carbocycles. The van der Waals surface area contributed by atoms with Gasteiger partial charge in [-0.3, -0.25) is 4.79 Å². The molecule has 0 radical (unpaired) electrons. The molecule has 27 heavy (non-hydrogen) atoms. The van der Waals surface area contributed by atoms with Crippen LogP contribution in [0.15, 0.2) is 36.5 Å². The third-order valence-electron chi connectivity index (χ3n) is 5.11. The molecule has 3 aromatic rings. The highest BCUT2D eigenvalue weighted by atomic mass is 19.1. The molecule has 1 aliphatic carbocycles. The minimum absolute atomic E-state index is 0.0643. The van der Waals surface area contributed by atoms with E-state index in [1.807, 2.05) is 6.92 Å². The zero-order valence-corrected chi connectivity index (χ0v) is 15.0. The van der Waals surface area contributed by atoms with Crippen LogP contribution in [-0.4, -0.2) is 22.9 Å². The van der Waals surface area contributed by atoms with Crippen LogP contribution in [0.3, 0.4) is 0 Å². The molecule has 1 aromatic carbocycles. The van der Waals surface area contributed by atoms with Crippen LogP contribution >= 0.6 is 0 Å². The first-order valence-electron chi connectivity index (χ1n) is 8.70. The highest BCUT2D eigenvalue weighted by molar-refractivity contribution is 6.04. The second kappa shape index (κ2) is 6.61. The predicted octanol–water partition coefficient (Wildman–Crippen LogP) is 4.58. The van der Waals surface area contributed by atoms with Gasteiger partial charge in [-0.15, -0.1) is 0 Å². The summed E-state index contributed by atoms with van der Waals surface area (Å²) < 4.78 is 33.3. The Bertz CT molecular complexity index is 1020. The average Bonchev–Trinajstić information content (AvgIpc) is 3.07. The molecule has 0 spiro atoms. The Labute approximate surface area is 155 Å². The number of ketones is 1. The fraction of sp³-hybridized carbons (Fsp3) is 0.238. The van der Waals surface area contributed by atoms with E-state index < -0.39 is 11.6 Å². The van der Waals surface area contributed by atoms with E-state index in [-0.39, 0.29) is 23.0 Å². The van der Waals surface area contributed by atoms with Crippen molar-refractivity contribution >= 4 is 5.78 Å². The lowest BCUT2D eigenvalue weighted by molar-refractivity contribution is 0.0945. The topological polar surface area (TPSA) is 55.0 Å². The van der Waals surface area contributed by atoms with Crippen molar-refractivity contribution in [2.45, 2.75) is 25.7 Å². The van der Waals surface area contributed by atoms with Crippen molar-refractivity contribution in [2.24, 2.45) is 0 Å². The number of aromatic nitrogens is 2. The smallest absolute Gasteiger partial charge is 0.213 e. The molecular weight excluding hydrogens is 350 g/mol. The molecule has 1 unspecified atom stereocenters. The number of hydrogen-bond donors (Lipinski definition) is 1. The first kappa shape index (κ1) is 17.4. The summed E-state index contributed by atoms with van der Waals surface area (Å²) in [4.78, 5) is 20.3. The maximum atomic E-state index is 14.1. The van der Waals surface area contributed by atoms with Gasteiger partial charge in [0.15, 0.2) is 5.78 Å². The summed E-state index contributed by atoms with van der Waals surface area (Å²) >= 11 is 0. The highest BCUT2D eigenvalue weighted by Crippen LogP contribution is 2.37. The molecule has 0 bridgehead atoms. The number of pyridine rings is 1. The van der Waals surface area contributed by atoms with Crippen molar-refractivity contribution in [2.75, 3.05) is 7.11 Å². The van der Waals surface area contributed by atoms with Crippen LogP contribution in [0.25, 0.3) is 11.3 Å². The van der Waals surface area contributed by atoms with Gasteiger partial charge in [0.05, 0.1) is 18.4 Å². The number of halogens is 2. The molecule has 4 nitrogen and oxygen atoms in total. The maximum absolute atomic E-state index is 14.1. The molecule has 2 heterocycles. The summed E-state index contributed by atoms with van der Waals surface area (Å²) in [5.74, 6) is -1.21. The maximum Gasteiger partial charge on any atom is 0.213 e. The van der Waals surface area contributed by atoms with Crippen molar-refractivity contribution in [3.8, 4) is 17.1 Å². The Morgan fingerprint density at radius 2 is 1.96 bits per heavy atom. The van der Waals surface area contributed by atoms with E-state index in [0.29, 0.717) is 30.0 Å². The minimum Gasteiger partial charge on any atom is -0.481 e. The lowest BCUT2D eigenvalue weighted by atomic mass is 9.81. The quantitative estimate of drug-likeness (QED) is 0.736. The first-order chi connectivity index (χ1) is 13.0. The number of aryl methyl sites for hydroxylation is 2. The van der Waals surface area contributed by atoms with Crippen molar-refractivity contribution in [1.82, 2.24) is 9.97 Å². The Balaban J connectivity index is 1.72. The Kier molecular flexibility index (Phi) is 4.26. The second-order valence-corrected chi connectivity index (χ2v) is 6.71. The Morgan fingerprint density at radius 1 is 1.22 bits per heavy atom. The van der Waals surface area contributed by atoms with Crippen LogP contribution in [0.1, 0.15) is 39.5 Å². The van der Waals surface area contributed by atoms with E-state index in [2.05, 4.69) is 9.97 Å². The van der Waals surface area contributed by atoms with Gasteiger partial charge in [0.25, 0.3) is 0 Å². The van der Waals surface area contributed by atoms with Gasteiger partial charge in [0, 0.05) is 29.4 Å². The van der Waals surface area contributed by atoms with Crippen LogP contribution in [0.2, 0.25) is 0 Å². The van der Waals surface area contributed by atoms with Crippen LogP contribution in [0.5, 0.6) is 5.88 Å². The molecule has 0 amide bonds. The number of methoxy groups -OCH3 is 1. The van der Waals surface area contributed by atoms with Crippen molar-refractivity contribution in [3.63, 3.8) is 0 Å². The van der Waals surface area contributed by atoms with Crippen molar-refractivity contribution in [3.05, 3.63) is 70.5 Å². The van der Waals surface area contributed by atoms with E-state index in [1.165, 1.54) is 18.2 Å². The summed E-state index contributed by atoms with van der Waals surface area (Å²) in [5.41, 5.74) is 3.13. The van der Waals surface area contributed by atoms with E-state index in [4.69, 9.17) is 4.74 Å². The monoisotopic (exact) mass is 368 g/mol. The molecular formula is C21H18F2N2O2. The van der Waals surface area contributed by atoms with Gasteiger partial charge in [0.1, 0.15) is 11.6 Å². The van der Waals surface area contributed by atoms with Crippen LogP contribution in [0, 0.1) is 18.6 Å². The van der Waals surface area contributed by atoms with Crippen LogP contribution in [-0.2, 0) is 6.42 Å². The van der Waals surface area contributed by atoms with Crippen molar-refractivity contribution in [1.29, 1.82) is 0 Å². The lowest BCUT2D eigenvalue weighted by Crippen LogP contribution is -2.21. The summed E-state index contributed by atoms with van der Waals surface area (Å²) in [6.45, 7) is 1.92. The van der Waals surface area contributed by atoms with Gasteiger partial charge in [-0.05, 0) is 49.1 Å². The highest BCUT2D eigenvalue weighted by Gasteiger charge is 2.32. The number of carbonyl (C=O) groups is 1. The number of hydrogen-bond acceptors (Lipinski definition) is 3. The third kappa shape index (κ3) is 2.91. The summed E-state index contributed by atoms with van der Waals surface area (Å²) in [7, 11) is 1.54. The van der Waals surface area contributed by atoms with Gasteiger partial charge in [-0.1, -0.05) is 6.07 Å². The summed E-state index contributed by atoms with van der Waals surface area (Å²) in [6.07, 6.45) is 2.90. The van der Waals surface area contributed by atoms with E-state index in [0.717, 1.165) is 11.1 Å². The molecule has 6 heteroatoms. The number of Topliss-reactive ketones (excluding diaryl/α,β-unsaturated/α-hetero) is 1. The molecule has 138 valence electrons. The van der Waals surface area contributed by atoms with Crippen molar-refractivity contribution < 1.29 is 18.3 Å². The molecule has 0 aliphatic heterocycles. The standard InChI is InChI=1S/C21H18F2N2O2/c1-11-8-19(27-2)24-10-14(11)12-6-7-17-13(21(12)26)9-18(25-17)20-15(22)4-3-5-16(20)23/h3-5,8-10,12,25H,6-7H2,1-2H3. The van der Waals surface area contributed by atoms with Gasteiger partial charge in [-0.2, -0.15) is 0 Å². The number of fused-ring (bicyclic) bond motifs is 1. The summed E-state index contributed by atoms with van der Waals surface area (Å²) in [6, 6.07) is 7.08. The fourth-order valence-electron chi connectivity index (χ4n) is 3.73. The molecule has 1 atom stereocenters. The first-order valence-corrected chi connectivity index (χ1v) is 8.70. The van der Waals surface area contributed by atoms with E-state index in [9.17, 15) is 13.6 Å². The van der Waals surface area contributed by atoms with E-state index in [1.54, 1.807) is 25.4 Å². The number of nitrogens with zero attached hydrogens (tertiary/aromatic N) is 1. The Morgan fingerprint density at radius 3 is 2.63 bits per heavy atom. The largest absolute Gasteiger partial charge is 0.481 e. The number of carbonyl (C=O) groups excluding carboxylic acids is 1. The molecule has 4 rings (SSSR count). The normalized spacial score (nSPS) is 16.3. The molecule has 2 aromatic heterocycles. The number of nitrogens with one attached hydrogen (secondary N) is 1. The Hall–Kier alpha value is -3.02. The van der Waals surface area contributed by atoms with Gasteiger partial charge < -0.3 is 9.72 Å². The number of benzene rings is 1. The lowest BCUT2D eigenvalue weighted by Gasteiger charge is -2.22. The molecule has 1 N–H and O–H groups in total. The average molecular weight is 368 g/mol. The van der Waals surface area contributed by atoms with Gasteiger partial charge >= 0.3 is 0 Å². The minimum atomic E-state index is -0.659. The van der Waals surface area contributed by atoms with E-state index >= 15 is 0 Å². The number of rotatable bonds is 3. The van der Waals surface area contributed by atoms with Gasteiger partial charge in [0.2, 0.25) is 5.88 Å². The van der Waals surface area contributed by atoms with Crippen LogP contribution in [0.4, 0.5) is 8.78 Å². The molecule has 0 fully saturated rings.